The zero-order valence-electron chi connectivity index (χ0n) is 9.03. The lowest BCUT2D eigenvalue weighted by atomic mass is 10.1. The van der Waals surface area contributed by atoms with E-state index in [9.17, 15) is 18.3 Å². The molecule has 1 heterocycles. The molecule has 1 unspecified atom stereocenters. The van der Waals surface area contributed by atoms with E-state index in [1.54, 1.807) is 0 Å². The molecule has 1 N–H and O–H groups in total. The zero-order chi connectivity index (χ0) is 13.4. The quantitative estimate of drug-likeness (QED) is 0.862. The van der Waals surface area contributed by atoms with E-state index in [1.807, 2.05) is 0 Å². The maximum absolute atomic E-state index is 13.5. The summed E-state index contributed by atoms with van der Waals surface area (Å²) in [7, 11) is 1.48. The molecule has 1 aromatic carbocycles. The van der Waals surface area contributed by atoms with Gasteiger partial charge in [0, 0.05) is 18.7 Å². The minimum Gasteiger partial charge on any atom is -0.382 e. The van der Waals surface area contributed by atoms with Gasteiger partial charge in [-0.2, -0.15) is 0 Å². The van der Waals surface area contributed by atoms with Crippen molar-refractivity contribution < 1.29 is 18.3 Å². The second-order valence-electron chi connectivity index (χ2n) is 3.58. The average Bonchev–Trinajstić information content (AvgIpc) is 2.63. The highest BCUT2D eigenvalue weighted by Gasteiger charge is 2.24. The number of aryl methyl sites for hydroxylation is 1. The Labute approximate surface area is 108 Å². The van der Waals surface area contributed by atoms with Crippen molar-refractivity contribution in [1.82, 2.24) is 15.0 Å². The summed E-state index contributed by atoms with van der Waals surface area (Å²) < 4.78 is 40.8. The number of hydrogen-bond acceptors (Lipinski definition) is 3. The number of halogens is 4. The first-order chi connectivity index (χ1) is 8.41. The van der Waals surface area contributed by atoms with E-state index < -0.39 is 23.6 Å². The van der Waals surface area contributed by atoms with Crippen molar-refractivity contribution in [3.8, 4) is 0 Å². The number of aliphatic hydroxyl groups is 1. The van der Waals surface area contributed by atoms with Gasteiger partial charge in [0.15, 0.2) is 16.2 Å². The summed E-state index contributed by atoms with van der Waals surface area (Å²) in [5.74, 6) is -3.60. The third-order valence-corrected chi connectivity index (χ3v) is 2.98. The van der Waals surface area contributed by atoms with Crippen LogP contribution in [0, 0.1) is 17.5 Å². The van der Waals surface area contributed by atoms with Gasteiger partial charge in [-0.1, -0.05) is 5.21 Å². The Hall–Kier alpha value is -1.41. The van der Waals surface area contributed by atoms with Crippen molar-refractivity contribution in [3.63, 3.8) is 0 Å². The second kappa shape index (κ2) is 4.69. The van der Waals surface area contributed by atoms with E-state index >= 15 is 0 Å². The van der Waals surface area contributed by atoms with Gasteiger partial charge in [-0.15, -0.1) is 5.10 Å². The van der Waals surface area contributed by atoms with E-state index in [0.29, 0.717) is 12.1 Å². The van der Waals surface area contributed by atoms with Crippen molar-refractivity contribution in [3.05, 3.63) is 45.4 Å². The molecule has 0 saturated carbocycles. The summed E-state index contributed by atoms with van der Waals surface area (Å²) in [6.45, 7) is 0. The largest absolute Gasteiger partial charge is 0.382 e. The van der Waals surface area contributed by atoms with Gasteiger partial charge in [0.05, 0.1) is 0 Å². The molecule has 2 aromatic rings. The number of aliphatic hydroxyl groups excluding tert-OH is 1. The molecule has 0 fully saturated rings. The first kappa shape index (κ1) is 13.0. The number of nitrogens with zero attached hydrogens (tertiary/aromatic N) is 3. The van der Waals surface area contributed by atoms with Gasteiger partial charge < -0.3 is 5.11 Å². The van der Waals surface area contributed by atoms with E-state index in [-0.39, 0.29) is 15.9 Å². The highest BCUT2D eigenvalue weighted by molar-refractivity contribution is 9.10. The molecule has 0 aliphatic carbocycles. The van der Waals surface area contributed by atoms with Gasteiger partial charge in [0.2, 0.25) is 0 Å². The Kier molecular flexibility index (Phi) is 3.40. The molecule has 1 atom stereocenters. The molecule has 96 valence electrons. The van der Waals surface area contributed by atoms with Crippen molar-refractivity contribution in [1.29, 1.82) is 0 Å². The Bertz CT molecular complexity index is 583. The predicted octanol–water partition coefficient (Wildman–Crippen LogP) is 2.08. The molecule has 0 bridgehead atoms. The van der Waals surface area contributed by atoms with Crippen LogP contribution in [0.3, 0.4) is 0 Å². The predicted molar refractivity (Wildman–Crippen MR) is 59.1 cm³/mol. The SMILES string of the molecule is Cn1nnc(Br)c1C(O)c1cc(F)c(F)cc1F. The minimum absolute atomic E-state index is 0.139. The Morgan fingerprint density at radius 2 is 1.83 bits per heavy atom. The van der Waals surface area contributed by atoms with Crippen LogP contribution in [0.4, 0.5) is 13.2 Å². The third kappa shape index (κ3) is 2.13. The van der Waals surface area contributed by atoms with Crippen LogP contribution >= 0.6 is 15.9 Å². The number of aromatic nitrogens is 3. The molecule has 0 spiro atoms. The fourth-order valence-corrected chi connectivity index (χ4v) is 2.07. The first-order valence-electron chi connectivity index (χ1n) is 4.79. The smallest absolute Gasteiger partial charge is 0.161 e. The molecule has 1 aromatic heterocycles. The lowest BCUT2D eigenvalue weighted by Gasteiger charge is -2.12. The van der Waals surface area contributed by atoms with Gasteiger partial charge in [0.25, 0.3) is 0 Å². The van der Waals surface area contributed by atoms with Crippen LogP contribution in [-0.2, 0) is 7.05 Å². The van der Waals surface area contributed by atoms with Gasteiger partial charge in [0.1, 0.15) is 17.6 Å². The summed E-state index contributed by atoms with van der Waals surface area (Å²) in [6, 6.07) is 0.986. The molecule has 0 radical (unpaired) electrons. The van der Waals surface area contributed by atoms with Gasteiger partial charge in [-0.25, -0.2) is 17.9 Å². The molecule has 0 aliphatic heterocycles. The summed E-state index contributed by atoms with van der Waals surface area (Å²) in [4.78, 5) is 0. The van der Waals surface area contributed by atoms with Crippen molar-refractivity contribution in [2.24, 2.45) is 7.05 Å². The summed E-state index contributed by atoms with van der Waals surface area (Å²) in [5.41, 5.74) is -0.250. The number of benzene rings is 1. The maximum Gasteiger partial charge on any atom is 0.161 e. The minimum atomic E-state index is -1.51. The highest BCUT2D eigenvalue weighted by Crippen LogP contribution is 2.29. The standard InChI is InChI=1S/C10H7BrF3N3O/c1-17-8(10(11)15-16-17)9(18)4-2-6(13)7(14)3-5(4)12/h2-3,9,18H,1H3. The van der Waals surface area contributed by atoms with Crippen LogP contribution in [0.15, 0.2) is 16.7 Å². The van der Waals surface area contributed by atoms with Crippen molar-refractivity contribution in [2.75, 3.05) is 0 Å². The van der Waals surface area contributed by atoms with Crippen LogP contribution in [-0.4, -0.2) is 20.1 Å². The summed E-state index contributed by atoms with van der Waals surface area (Å²) in [6.07, 6.45) is -1.51. The Morgan fingerprint density at radius 1 is 1.22 bits per heavy atom. The molecule has 0 saturated heterocycles. The number of rotatable bonds is 2. The van der Waals surface area contributed by atoms with E-state index in [4.69, 9.17) is 0 Å². The topological polar surface area (TPSA) is 50.9 Å². The van der Waals surface area contributed by atoms with Crippen molar-refractivity contribution in [2.45, 2.75) is 6.10 Å². The van der Waals surface area contributed by atoms with E-state index in [0.717, 1.165) is 0 Å². The molecular weight excluding hydrogens is 315 g/mol. The van der Waals surface area contributed by atoms with Crippen LogP contribution in [0.1, 0.15) is 17.4 Å². The molecule has 0 aliphatic rings. The molecule has 8 heteroatoms. The molecule has 0 amide bonds. The summed E-state index contributed by atoms with van der Waals surface area (Å²) in [5, 5.41) is 17.2. The molecule has 2 rings (SSSR count). The Balaban J connectivity index is 2.53. The average molecular weight is 322 g/mol. The van der Waals surface area contributed by atoms with Gasteiger partial charge in [-0.05, 0) is 22.0 Å². The lowest BCUT2D eigenvalue weighted by Crippen LogP contribution is -2.10. The maximum atomic E-state index is 13.5. The van der Waals surface area contributed by atoms with E-state index in [2.05, 4.69) is 26.2 Å². The third-order valence-electron chi connectivity index (χ3n) is 2.42. The van der Waals surface area contributed by atoms with Crippen LogP contribution in [0.5, 0.6) is 0 Å². The lowest BCUT2D eigenvalue weighted by molar-refractivity contribution is 0.203. The van der Waals surface area contributed by atoms with Gasteiger partial charge in [-0.3, -0.25) is 0 Å². The monoisotopic (exact) mass is 321 g/mol. The van der Waals surface area contributed by atoms with E-state index in [1.165, 1.54) is 11.7 Å². The van der Waals surface area contributed by atoms with Crippen LogP contribution in [0.2, 0.25) is 0 Å². The fraction of sp³-hybridized carbons (Fsp3) is 0.200. The number of hydrogen-bond donors (Lipinski definition) is 1. The van der Waals surface area contributed by atoms with Crippen LogP contribution < -0.4 is 0 Å². The fourth-order valence-electron chi connectivity index (χ4n) is 1.52. The van der Waals surface area contributed by atoms with Crippen LogP contribution in [0.25, 0.3) is 0 Å². The Morgan fingerprint density at radius 3 is 2.39 bits per heavy atom. The molecule has 4 nitrogen and oxygen atoms in total. The molecule has 18 heavy (non-hydrogen) atoms. The first-order valence-corrected chi connectivity index (χ1v) is 5.58. The summed E-state index contributed by atoms with van der Waals surface area (Å²) >= 11 is 3.03. The zero-order valence-corrected chi connectivity index (χ0v) is 10.6. The normalized spacial score (nSPS) is 12.8. The van der Waals surface area contributed by atoms with Crippen molar-refractivity contribution >= 4 is 15.9 Å². The second-order valence-corrected chi connectivity index (χ2v) is 4.33. The molecular formula is C10H7BrF3N3O. The highest BCUT2D eigenvalue weighted by atomic mass is 79.9. The van der Waals surface area contributed by atoms with Gasteiger partial charge >= 0.3 is 0 Å².